The first-order chi connectivity index (χ1) is 9.74. The predicted octanol–water partition coefficient (Wildman–Crippen LogP) is 2.34. The lowest BCUT2D eigenvalue weighted by atomic mass is 9.96. The summed E-state index contributed by atoms with van der Waals surface area (Å²) in [6, 6.07) is 9.90. The zero-order chi connectivity index (χ0) is 14.4. The van der Waals surface area contributed by atoms with E-state index in [1.165, 1.54) is 0 Å². The Hall–Kier alpha value is -2.37. The zero-order valence-corrected chi connectivity index (χ0v) is 11.6. The first-order valence-electron chi connectivity index (χ1n) is 6.65. The molecule has 2 N–H and O–H groups in total. The van der Waals surface area contributed by atoms with Crippen molar-refractivity contribution in [2.45, 2.75) is 26.2 Å². The van der Waals surface area contributed by atoms with Gasteiger partial charge in [-0.2, -0.15) is 4.98 Å². The summed E-state index contributed by atoms with van der Waals surface area (Å²) in [7, 11) is 0. The van der Waals surface area contributed by atoms with E-state index in [2.05, 4.69) is 20.5 Å². The number of carbonyl (C=O) groups excluding carboxylic acids is 1. The van der Waals surface area contributed by atoms with Crippen LogP contribution in [0.5, 0.6) is 6.01 Å². The number of rotatable bonds is 6. The minimum atomic E-state index is -0.211. The van der Waals surface area contributed by atoms with E-state index < -0.39 is 0 Å². The van der Waals surface area contributed by atoms with Gasteiger partial charge in [-0.3, -0.25) is 10.1 Å². The molecule has 1 aromatic carbocycles. The molecular formula is C14H18N4O2. The number of aromatic amines is 1. The van der Waals surface area contributed by atoms with Gasteiger partial charge in [0, 0.05) is 0 Å². The monoisotopic (exact) mass is 274 g/mol. The van der Waals surface area contributed by atoms with Crippen molar-refractivity contribution in [1.82, 2.24) is 15.2 Å². The van der Waals surface area contributed by atoms with Gasteiger partial charge in [-0.15, -0.1) is 5.10 Å². The average Bonchev–Trinajstić information content (AvgIpc) is 2.88. The van der Waals surface area contributed by atoms with Gasteiger partial charge in [-0.05, 0) is 18.9 Å². The van der Waals surface area contributed by atoms with Crippen molar-refractivity contribution in [3.63, 3.8) is 0 Å². The van der Waals surface area contributed by atoms with Gasteiger partial charge in [0.1, 0.15) is 0 Å². The molecule has 0 spiro atoms. The van der Waals surface area contributed by atoms with Gasteiger partial charge in [-0.25, -0.2) is 5.10 Å². The summed E-state index contributed by atoms with van der Waals surface area (Å²) in [5, 5.41) is 9.20. The Morgan fingerprint density at radius 1 is 1.35 bits per heavy atom. The number of hydrogen-bond acceptors (Lipinski definition) is 4. The molecule has 20 heavy (non-hydrogen) atoms. The lowest BCUT2D eigenvalue weighted by Crippen LogP contribution is -2.21. The molecule has 106 valence electrons. The van der Waals surface area contributed by atoms with E-state index in [1.54, 1.807) is 0 Å². The van der Waals surface area contributed by atoms with Crippen molar-refractivity contribution >= 4 is 11.9 Å². The Labute approximate surface area is 117 Å². The van der Waals surface area contributed by atoms with Crippen molar-refractivity contribution in [2.75, 3.05) is 11.9 Å². The Balaban J connectivity index is 2.05. The van der Waals surface area contributed by atoms with Crippen LogP contribution in [0.1, 0.15) is 31.7 Å². The lowest BCUT2D eigenvalue weighted by molar-refractivity contribution is -0.117. The van der Waals surface area contributed by atoms with Crippen LogP contribution in [-0.2, 0) is 4.79 Å². The van der Waals surface area contributed by atoms with Crippen LogP contribution in [-0.4, -0.2) is 27.7 Å². The zero-order valence-electron chi connectivity index (χ0n) is 11.6. The SMILES string of the molecule is CCOc1n[nH]c(NC(=O)C(CC)c2ccccc2)n1. The van der Waals surface area contributed by atoms with Crippen LogP contribution < -0.4 is 10.1 Å². The molecule has 2 aromatic rings. The fraction of sp³-hybridized carbons (Fsp3) is 0.357. The summed E-state index contributed by atoms with van der Waals surface area (Å²) in [6.45, 7) is 4.30. The van der Waals surface area contributed by atoms with E-state index in [0.29, 0.717) is 19.0 Å². The summed E-state index contributed by atoms with van der Waals surface area (Å²) >= 11 is 0. The molecule has 0 saturated heterocycles. The molecule has 1 unspecified atom stereocenters. The van der Waals surface area contributed by atoms with Crippen molar-refractivity contribution in [3.8, 4) is 6.01 Å². The van der Waals surface area contributed by atoms with Crippen LogP contribution in [0, 0.1) is 0 Å². The van der Waals surface area contributed by atoms with Gasteiger partial charge in [0.15, 0.2) is 0 Å². The summed E-state index contributed by atoms with van der Waals surface area (Å²) in [6.07, 6.45) is 0.711. The highest BCUT2D eigenvalue weighted by atomic mass is 16.5. The summed E-state index contributed by atoms with van der Waals surface area (Å²) < 4.78 is 5.13. The normalized spacial score (nSPS) is 11.9. The van der Waals surface area contributed by atoms with Crippen molar-refractivity contribution in [2.24, 2.45) is 0 Å². The Morgan fingerprint density at radius 3 is 2.75 bits per heavy atom. The molecule has 1 atom stereocenters. The van der Waals surface area contributed by atoms with E-state index in [4.69, 9.17) is 4.74 Å². The van der Waals surface area contributed by atoms with Gasteiger partial charge in [0.25, 0.3) is 0 Å². The fourth-order valence-electron chi connectivity index (χ4n) is 1.96. The standard InChI is InChI=1S/C14H18N4O2/c1-3-11(10-8-6-5-7-9-10)12(19)15-13-16-14(18-17-13)20-4-2/h5-9,11H,3-4H2,1-2H3,(H2,15,16,17,18,19). The number of benzene rings is 1. The van der Waals surface area contributed by atoms with E-state index in [0.717, 1.165) is 5.56 Å². The summed E-state index contributed by atoms with van der Waals surface area (Å²) in [5.41, 5.74) is 0.983. The van der Waals surface area contributed by atoms with E-state index >= 15 is 0 Å². The predicted molar refractivity (Wildman–Crippen MR) is 75.7 cm³/mol. The molecule has 6 nitrogen and oxygen atoms in total. The van der Waals surface area contributed by atoms with Crippen LogP contribution in [0.2, 0.25) is 0 Å². The maximum atomic E-state index is 12.3. The quantitative estimate of drug-likeness (QED) is 0.847. The molecule has 0 aliphatic rings. The number of hydrogen-bond donors (Lipinski definition) is 2. The highest BCUT2D eigenvalue weighted by molar-refractivity contribution is 5.94. The number of aromatic nitrogens is 3. The van der Waals surface area contributed by atoms with Gasteiger partial charge in [0.05, 0.1) is 12.5 Å². The molecule has 0 saturated carbocycles. The molecule has 1 amide bonds. The molecule has 6 heteroatoms. The number of nitrogens with one attached hydrogen (secondary N) is 2. The molecule has 0 aliphatic heterocycles. The second-order valence-corrected chi connectivity index (χ2v) is 4.26. The summed E-state index contributed by atoms with van der Waals surface area (Å²) in [4.78, 5) is 16.3. The molecular weight excluding hydrogens is 256 g/mol. The molecule has 2 rings (SSSR count). The number of H-pyrrole nitrogens is 1. The molecule has 0 radical (unpaired) electrons. The fourth-order valence-corrected chi connectivity index (χ4v) is 1.96. The van der Waals surface area contributed by atoms with Crippen LogP contribution in [0.3, 0.4) is 0 Å². The van der Waals surface area contributed by atoms with E-state index in [1.807, 2.05) is 44.2 Å². The minimum absolute atomic E-state index is 0.113. The van der Waals surface area contributed by atoms with Crippen LogP contribution >= 0.6 is 0 Å². The van der Waals surface area contributed by atoms with Crippen LogP contribution in [0.4, 0.5) is 5.95 Å². The summed E-state index contributed by atoms with van der Waals surface area (Å²) in [5.74, 6) is -0.0254. The second kappa shape index (κ2) is 6.70. The topological polar surface area (TPSA) is 79.9 Å². The van der Waals surface area contributed by atoms with Crippen molar-refractivity contribution < 1.29 is 9.53 Å². The Morgan fingerprint density at radius 2 is 2.10 bits per heavy atom. The van der Waals surface area contributed by atoms with E-state index in [9.17, 15) is 4.79 Å². The lowest BCUT2D eigenvalue weighted by Gasteiger charge is -2.13. The van der Waals surface area contributed by atoms with Crippen LogP contribution in [0.25, 0.3) is 0 Å². The first kappa shape index (κ1) is 14.0. The maximum Gasteiger partial charge on any atom is 0.337 e. The molecule has 1 heterocycles. The van der Waals surface area contributed by atoms with Crippen molar-refractivity contribution in [1.29, 1.82) is 0 Å². The van der Waals surface area contributed by atoms with Gasteiger partial charge < -0.3 is 4.74 Å². The largest absolute Gasteiger partial charge is 0.463 e. The van der Waals surface area contributed by atoms with Gasteiger partial charge in [0.2, 0.25) is 11.9 Å². The molecule has 0 aliphatic carbocycles. The number of nitrogens with zero attached hydrogens (tertiary/aromatic N) is 2. The molecule has 0 fully saturated rings. The third kappa shape index (κ3) is 3.34. The van der Waals surface area contributed by atoms with Gasteiger partial charge in [-0.1, -0.05) is 37.3 Å². The Bertz CT molecular complexity index is 553. The number of amides is 1. The number of anilines is 1. The third-order valence-electron chi connectivity index (χ3n) is 2.91. The van der Waals surface area contributed by atoms with Crippen molar-refractivity contribution in [3.05, 3.63) is 35.9 Å². The minimum Gasteiger partial charge on any atom is -0.463 e. The molecule has 0 bridgehead atoms. The Kier molecular flexibility index (Phi) is 4.70. The molecule has 1 aromatic heterocycles. The van der Waals surface area contributed by atoms with E-state index in [-0.39, 0.29) is 17.8 Å². The highest BCUT2D eigenvalue weighted by Gasteiger charge is 2.19. The second-order valence-electron chi connectivity index (χ2n) is 4.26. The van der Waals surface area contributed by atoms with Crippen LogP contribution in [0.15, 0.2) is 30.3 Å². The smallest absolute Gasteiger partial charge is 0.337 e. The number of carbonyl (C=O) groups is 1. The average molecular weight is 274 g/mol. The third-order valence-corrected chi connectivity index (χ3v) is 2.91. The maximum absolute atomic E-state index is 12.3. The highest BCUT2D eigenvalue weighted by Crippen LogP contribution is 2.20. The first-order valence-corrected chi connectivity index (χ1v) is 6.65. The number of ether oxygens (including phenoxy) is 1. The van der Waals surface area contributed by atoms with Gasteiger partial charge >= 0.3 is 6.01 Å².